The number of aryl methyl sites for hydroxylation is 1. The predicted octanol–water partition coefficient (Wildman–Crippen LogP) is 1.78. The van der Waals surface area contributed by atoms with Crippen LogP contribution < -0.4 is 0 Å². The molecule has 0 aromatic carbocycles. The lowest BCUT2D eigenvalue weighted by Crippen LogP contribution is -2.09. The second kappa shape index (κ2) is 9.02. The van der Waals surface area contributed by atoms with Crippen molar-refractivity contribution in [2.45, 2.75) is 39.5 Å². The smallest absolute Gasteiger partial charge is 0.204 e. The number of hydrogen-bond donors (Lipinski definition) is 0. The van der Waals surface area contributed by atoms with Gasteiger partial charge in [-0.25, -0.2) is 0 Å². The van der Waals surface area contributed by atoms with E-state index >= 15 is 0 Å². The molecule has 104 valence electrons. The van der Waals surface area contributed by atoms with Gasteiger partial charge in [-0.15, -0.1) is 5.10 Å². The highest BCUT2D eigenvalue weighted by molar-refractivity contribution is 4.94. The molecule has 0 aliphatic carbocycles. The molecule has 0 aliphatic heterocycles. The molecule has 1 heterocycles. The summed E-state index contributed by atoms with van der Waals surface area (Å²) in [6, 6.07) is 0. The van der Waals surface area contributed by atoms with E-state index in [0.29, 0.717) is 13.2 Å². The molecule has 0 saturated heterocycles. The highest BCUT2D eigenvalue weighted by Gasteiger charge is 2.15. The first-order valence-corrected chi connectivity index (χ1v) is 6.44. The fourth-order valence-corrected chi connectivity index (χ4v) is 1.57. The van der Waals surface area contributed by atoms with Gasteiger partial charge in [0, 0.05) is 33.5 Å². The Bertz CT molecular complexity index is 311. The third kappa shape index (κ3) is 5.12. The van der Waals surface area contributed by atoms with Crippen LogP contribution >= 0.6 is 0 Å². The van der Waals surface area contributed by atoms with Crippen LogP contribution in [0.2, 0.25) is 0 Å². The summed E-state index contributed by atoms with van der Waals surface area (Å²) in [6.07, 6.45) is 3.51. The van der Waals surface area contributed by atoms with Crippen LogP contribution in [-0.2, 0) is 20.8 Å². The number of methoxy groups -OCH3 is 1. The molecule has 0 amide bonds. The molecule has 0 aliphatic rings. The van der Waals surface area contributed by atoms with E-state index in [2.05, 4.69) is 10.3 Å². The summed E-state index contributed by atoms with van der Waals surface area (Å²) in [6.45, 7) is 6.66. The van der Waals surface area contributed by atoms with Crippen molar-refractivity contribution in [2.75, 3.05) is 26.9 Å². The van der Waals surface area contributed by atoms with E-state index in [1.54, 1.807) is 7.11 Å². The normalized spacial score (nSPS) is 11.3. The largest absolute Gasteiger partial charge is 0.385 e. The summed E-state index contributed by atoms with van der Waals surface area (Å²) < 4.78 is 17.8. The Morgan fingerprint density at radius 2 is 1.94 bits per heavy atom. The quantitative estimate of drug-likeness (QED) is 0.472. The Hall–Kier alpha value is -0.980. The van der Waals surface area contributed by atoms with Gasteiger partial charge in [-0.3, -0.25) is 4.68 Å². The van der Waals surface area contributed by atoms with E-state index in [-0.39, 0.29) is 0 Å². The third-order valence-corrected chi connectivity index (χ3v) is 2.42. The molecule has 0 atom stereocenters. The number of rotatable bonds is 10. The van der Waals surface area contributed by atoms with E-state index in [1.807, 2.05) is 24.7 Å². The lowest BCUT2D eigenvalue weighted by atomic mass is 10.3. The maximum absolute atomic E-state index is 5.47. The first kappa shape index (κ1) is 15.1. The van der Waals surface area contributed by atoms with E-state index in [4.69, 9.17) is 14.2 Å². The highest BCUT2D eigenvalue weighted by atomic mass is 16.7. The van der Waals surface area contributed by atoms with Crippen molar-refractivity contribution < 1.29 is 14.2 Å². The van der Waals surface area contributed by atoms with Crippen LogP contribution in [0.25, 0.3) is 0 Å². The van der Waals surface area contributed by atoms with E-state index < -0.39 is 6.29 Å². The molecule has 1 aromatic heterocycles. The fourth-order valence-electron chi connectivity index (χ4n) is 1.57. The van der Waals surface area contributed by atoms with Crippen molar-refractivity contribution >= 4 is 0 Å². The minimum absolute atomic E-state index is 0.410. The second-order valence-electron chi connectivity index (χ2n) is 3.85. The van der Waals surface area contributed by atoms with Crippen molar-refractivity contribution in [3.05, 3.63) is 11.9 Å². The van der Waals surface area contributed by atoms with Gasteiger partial charge in [0.2, 0.25) is 6.29 Å². The van der Waals surface area contributed by atoms with Crippen molar-refractivity contribution in [1.29, 1.82) is 0 Å². The summed E-state index contributed by atoms with van der Waals surface area (Å²) in [5.74, 6) is 0. The summed E-state index contributed by atoms with van der Waals surface area (Å²) >= 11 is 0. The number of ether oxygens (including phenoxy) is 3. The van der Waals surface area contributed by atoms with Gasteiger partial charge in [0.1, 0.15) is 5.69 Å². The van der Waals surface area contributed by atoms with Crippen LogP contribution in [0.15, 0.2) is 6.20 Å². The van der Waals surface area contributed by atoms with Crippen molar-refractivity contribution in [2.24, 2.45) is 0 Å². The summed E-state index contributed by atoms with van der Waals surface area (Å²) in [5, 5.41) is 8.15. The van der Waals surface area contributed by atoms with Crippen molar-refractivity contribution in [1.82, 2.24) is 15.0 Å². The molecular formula is C12H23N3O3. The average Bonchev–Trinajstić information content (AvgIpc) is 2.83. The SMILES string of the molecule is CCOC(OCC)c1cn(CCCCOC)nn1. The molecule has 0 spiro atoms. The summed E-state index contributed by atoms with van der Waals surface area (Å²) in [7, 11) is 1.71. The molecular weight excluding hydrogens is 234 g/mol. The summed E-state index contributed by atoms with van der Waals surface area (Å²) in [4.78, 5) is 0. The number of hydrogen-bond acceptors (Lipinski definition) is 5. The zero-order chi connectivity index (χ0) is 13.2. The van der Waals surface area contributed by atoms with Crippen LogP contribution in [0.4, 0.5) is 0 Å². The van der Waals surface area contributed by atoms with Crippen LogP contribution in [0.1, 0.15) is 38.7 Å². The fraction of sp³-hybridized carbons (Fsp3) is 0.833. The Morgan fingerprint density at radius 1 is 1.22 bits per heavy atom. The molecule has 0 radical (unpaired) electrons. The zero-order valence-electron chi connectivity index (χ0n) is 11.5. The van der Waals surface area contributed by atoms with Gasteiger partial charge < -0.3 is 14.2 Å². The first-order valence-electron chi connectivity index (χ1n) is 6.44. The van der Waals surface area contributed by atoms with Crippen LogP contribution in [0, 0.1) is 0 Å². The van der Waals surface area contributed by atoms with E-state index in [1.165, 1.54) is 0 Å². The first-order chi connectivity index (χ1) is 8.81. The molecule has 1 aromatic rings. The number of unbranched alkanes of at least 4 members (excludes halogenated alkanes) is 1. The maximum atomic E-state index is 5.47. The Morgan fingerprint density at radius 3 is 2.56 bits per heavy atom. The molecule has 0 unspecified atom stereocenters. The van der Waals surface area contributed by atoms with Crippen LogP contribution in [0.5, 0.6) is 0 Å². The third-order valence-electron chi connectivity index (χ3n) is 2.42. The summed E-state index contributed by atoms with van der Waals surface area (Å²) in [5.41, 5.74) is 0.727. The minimum atomic E-state index is -0.410. The number of nitrogens with zero attached hydrogens (tertiary/aromatic N) is 3. The molecule has 0 N–H and O–H groups in total. The molecule has 0 fully saturated rings. The Labute approximate surface area is 108 Å². The van der Waals surface area contributed by atoms with Crippen molar-refractivity contribution in [3.8, 4) is 0 Å². The van der Waals surface area contributed by atoms with E-state index in [0.717, 1.165) is 31.7 Å². The van der Waals surface area contributed by atoms with Gasteiger partial charge in [0.25, 0.3) is 0 Å². The molecule has 6 heteroatoms. The van der Waals surface area contributed by atoms with Gasteiger partial charge in [-0.1, -0.05) is 5.21 Å². The van der Waals surface area contributed by atoms with Gasteiger partial charge in [-0.05, 0) is 26.7 Å². The lowest BCUT2D eigenvalue weighted by Gasteiger charge is -2.13. The highest BCUT2D eigenvalue weighted by Crippen LogP contribution is 2.15. The van der Waals surface area contributed by atoms with Gasteiger partial charge in [-0.2, -0.15) is 0 Å². The Balaban J connectivity index is 2.44. The second-order valence-corrected chi connectivity index (χ2v) is 3.85. The predicted molar refractivity (Wildman–Crippen MR) is 67.1 cm³/mol. The lowest BCUT2D eigenvalue weighted by molar-refractivity contribution is -0.142. The number of aromatic nitrogens is 3. The maximum Gasteiger partial charge on any atom is 0.204 e. The van der Waals surface area contributed by atoms with Crippen LogP contribution in [0.3, 0.4) is 0 Å². The van der Waals surface area contributed by atoms with Gasteiger partial charge >= 0.3 is 0 Å². The van der Waals surface area contributed by atoms with Gasteiger partial charge in [0.05, 0.1) is 6.20 Å². The molecule has 18 heavy (non-hydrogen) atoms. The minimum Gasteiger partial charge on any atom is -0.385 e. The monoisotopic (exact) mass is 257 g/mol. The van der Waals surface area contributed by atoms with Gasteiger partial charge in [0.15, 0.2) is 0 Å². The van der Waals surface area contributed by atoms with E-state index in [9.17, 15) is 0 Å². The zero-order valence-corrected chi connectivity index (χ0v) is 11.5. The average molecular weight is 257 g/mol. The molecule has 1 rings (SSSR count). The van der Waals surface area contributed by atoms with Crippen molar-refractivity contribution in [3.63, 3.8) is 0 Å². The molecule has 0 saturated carbocycles. The molecule has 0 bridgehead atoms. The standard InChI is InChI=1S/C12H23N3O3/c1-4-17-12(18-5-2)11-10-15(14-13-11)8-6-7-9-16-3/h10,12H,4-9H2,1-3H3. The Kier molecular flexibility index (Phi) is 7.55. The topological polar surface area (TPSA) is 58.4 Å². The molecule has 6 nitrogen and oxygen atoms in total. The van der Waals surface area contributed by atoms with Crippen LogP contribution in [-0.4, -0.2) is 41.9 Å².